The largest absolute Gasteiger partial charge is 0.485 e. The van der Waals surface area contributed by atoms with Gasteiger partial charge < -0.3 is 10.1 Å². The van der Waals surface area contributed by atoms with Crippen LogP contribution in [0.15, 0.2) is 47.9 Å². The molecule has 0 aromatic heterocycles. The van der Waals surface area contributed by atoms with Crippen LogP contribution in [-0.2, 0) is 10.3 Å². The first kappa shape index (κ1) is 12.2. The van der Waals surface area contributed by atoms with Gasteiger partial charge in [0, 0.05) is 29.8 Å². The quantitative estimate of drug-likeness (QED) is 0.762. The molecule has 1 unspecified atom stereocenters. The standard InChI is InChI=1S/C17H15N3O/c18-8-13-4-1-3-12-5-2-6-17(16(12)13)7-15-14(10-21-17)9-19-11-20-15/h1-5,7,10,19-20H,6,9,11H2. The molecule has 21 heavy (non-hydrogen) atoms. The van der Waals surface area contributed by atoms with Gasteiger partial charge in [-0.2, -0.15) is 5.26 Å². The van der Waals surface area contributed by atoms with Crippen LogP contribution in [0.5, 0.6) is 0 Å². The molecule has 3 aliphatic rings. The monoisotopic (exact) mass is 277 g/mol. The summed E-state index contributed by atoms with van der Waals surface area (Å²) >= 11 is 0. The molecular weight excluding hydrogens is 262 g/mol. The van der Waals surface area contributed by atoms with Gasteiger partial charge in [0.25, 0.3) is 0 Å². The van der Waals surface area contributed by atoms with E-state index in [0.29, 0.717) is 5.56 Å². The zero-order valence-corrected chi connectivity index (χ0v) is 11.5. The Kier molecular flexibility index (Phi) is 2.63. The lowest BCUT2D eigenvalue weighted by atomic mass is 9.78. The summed E-state index contributed by atoms with van der Waals surface area (Å²) in [7, 11) is 0. The molecule has 1 saturated heterocycles. The Labute approximate surface area is 123 Å². The third kappa shape index (κ3) is 1.78. The topological polar surface area (TPSA) is 57.1 Å². The number of benzene rings is 1. The Morgan fingerprint density at radius 1 is 1.33 bits per heavy atom. The number of rotatable bonds is 0. The Hall–Kier alpha value is -2.51. The normalized spacial score (nSPS) is 25.7. The van der Waals surface area contributed by atoms with Crippen LogP contribution in [0.3, 0.4) is 0 Å². The summed E-state index contributed by atoms with van der Waals surface area (Å²) < 4.78 is 6.12. The number of hydrogen-bond donors (Lipinski definition) is 2. The molecule has 1 fully saturated rings. The fourth-order valence-electron chi connectivity index (χ4n) is 3.23. The van der Waals surface area contributed by atoms with E-state index in [1.54, 1.807) is 0 Å². The van der Waals surface area contributed by atoms with Crippen molar-refractivity contribution in [2.45, 2.75) is 12.0 Å². The van der Waals surface area contributed by atoms with E-state index in [9.17, 15) is 5.26 Å². The second-order valence-electron chi connectivity index (χ2n) is 5.48. The highest BCUT2D eigenvalue weighted by Gasteiger charge is 2.39. The molecule has 104 valence electrons. The van der Waals surface area contributed by atoms with Crippen molar-refractivity contribution in [1.82, 2.24) is 10.6 Å². The molecule has 1 aromatic carbocycles. The van der Waals surface area contributed by atoms with Gasteiger partial charge in [-0.05, 0) is 17.7 Å². The first-order valence-electron chi connectivity index (χ1n) is 7.07. The molecule has 1 aliphatic carbocycles. The minimum Gasteiger partial charge on any atom is -0.485 e. The van der Waals surface area contributed by atoms with E-state index >= 15 is 0 Å². The van der Waals surface area contributed by atoms with Gasteiger partial charge in [-0.3, -0.25) is 5.32 Å². The lowest BCUT2D eigenvalue weighted by Gasteiger charge is -2.39. The van der Waals surface area contributed by atoms with Crippen LogP contribution < -0.4 is 10.6 Å². The maximum Gasteiger partial charge on any atom is 0.159 e. The van der Waals surface area contributed by atoms with Crippen molar-refractivity contribution in [3.05, 3.63) is 64.6 Å². The fourth-order valence-corrected chi connectivity index (χ4v) is 3.23. The number of nitriles is 1. The van der Waals surface area contributed by atoms with Gasteiger partial charge in [0.15, 0.2) is 5.60 Å². The van der Waals surface area contributed by atoms with Crippen LogP contribution in [0, 0.1) is 11.3 Å². The molecule has 0 bridgehead atoms. The maximum atomic E-state index is 9.45. The van der Waals surface area contributed by atoms with E-state index < -0.39 is 5.60 Å². The van der Waals surface area contributed by atoms with Crippen molar-refractivity contribution >= 4 is 6.08 Å². The number of hydrogen-bond acceptors (Lipinski definition) is 4. The molecule has 4 heteroatoms. The summed E-state index contributed by atoms with van der Waals surface area (Å²) in [4.78, 5) is 0. The Bertz CT molecular complexity index is 739. The molecule has 4 nitrogen and oxygen atoms in total. The average Bonchev–Trinajstić information content (AvgIpc) is 2.54. The van der Waals surface area contributed by atoms with Crippen molar-refractivity contribution in [3.8, 4) is 6.07 Å². The van der Waals surface area contributed by atoms with Crippen LogP contribution in [0.25, 0.3) is 6.08 Å². The summed E-state index contributed by atoms with van der Waals surface area (Å²) in [6.45, 7) is 1.55. The van der Waals surface area contributed by atoms with Crippen LogP contribution in [0.2, 0.25) is 0 Å². The number of nitrogens with zero attached hydrogens (tertiary/aromatic N) is 1. The smallest absolute Gasteiger partial charge is 0.159 e. The Morgan fingerprint density at radius 3 is 3.19 bits per heavy atom. The van der Waals surface area contributed by atoms with E-state index in [2.05, 4.69) is 34.9 Å². The third-order valence-corrected chi connectivity index (χ3v) is 4.21. The van der Waals surface area contributed by atoms with Crippen LogP contribution in [0.4, 0.5) is 0 Å². The maximum absolute atomic E-state index is 9.45. The summed E-state index contributed by atoms with van der Waals surface area (Å²) in [6.07, 6.45) is 8.87. The first-order chi connectivity index (χ1) is 10.3. The zero-order valence-electron chi connectivity index (χ0n) is 11.5. The van der Waals surface area contributed by atoms with Crippen LogP contribution in [0.1, 0.15) is 23.1 Å². The molecule has 2 N–H and O–H groups in total. The Morgan fingerprint density at radius 2 is 2.29 bits per heavy atom. The van der Waals surface area contributed by atoms with Crippen molar-refractivity contribution in [2.24, 2.45) is 0 Å². The van der Waals surface area contributed by atoms with E-state index in [0.717, 1.165) is 42.0 Å². The molecule has 4 rings (SSSR count). The SMILES string of the molecule is N#Cc1cccc2c1C1(C=C3NCNCC3=CO1)CC=C2. The minimum absolute atomic E-state index is 0.570. The summed E-state index contributed by atoms with van der Waals surface area (Å²) in [5.74, 6) is 0. The van der Waals surface area contributed by atoms with E-state index in [-0.39, 0.29) is 0 Å². The van der Waals surface area contributed by atoms with Crippen LogP contribution in [-0.4, -0.2) is 13.2 Å². The van der Waals surface area contributed by atoms with E-state index in [1.807, 2.05) is 24.5 Å². The predicted octanol–water partition coefficient (Wildman–Crippen LogP) is 2.12. The van der Waals surface area contributed by atoms with Crippen molar-refractivity contribution in [2.75, 3.05) is 13.2 Å². The lowest BCUT2D eigenvalue weighted by Crippen LogP contribution is -2.42. The summed E-state index contributed by atoms with van der Waals surface area (Å²) in [5, 5.41) is 16.1. The molecule has 1 atom stereocenters. The number of nitrogens with one attached hydrogen (secondary N) is 2. The van der Waals surface area contributed by atoms with Gasteiger partial charge in [0.05, 0.1) is 24.6 Å². The van der Waals surface area contributed by atoms with Gasteiger partial charge in [-0.1, -0.05) is 24.3 Å². The second kappa shape index (κ2) is 4.51. The molecule has 2 heterocycles. The van der Waals surface area contributed by atoms with Crippen molar-refractivity contribution in [1.29, 1.82) is 5.26 Å². The average molecular weight is 277 g/mol. The van der Waals surface area contributed by atoms with Gasteiger partial charge in [-0.25, -0.2) is 0 Å². The van der Waals surface area contributed by atoms with Crippen molar-refractivity contribution in [3.63, 3.8) is 0 Å². The molecule has 0 saturated carbocycles. The lowest BCUT2D eigenvalue weighted by molar-refractivity contribution is 0.0588. The third-order valence-electron chi connectivity index (χ3n) is 4.21. The number of fused-ring (bicyclic) bond motifs is 3. The highest BCUT2D eigenvalue weighted by Crippen LogP contribution is 2.43. The second-order valence-corrected chi connectivity index (χ2v) is 5.48. The highest BCUT2D eigenvalue weighted by atomic mass is 16.5. The molecule has 2 aliphatic heterocycles. The van der Waals surface area contributed by atoms with Gasteiger partial charge in [0.1, 0.15) is 0 Å². The van der Waals surface area contributed by atoms with Gasteiger partial charge >= 0.3 is 0 Å². The fraction of sp³-hybridized carbons (Fsp3) is 0.235. The number of ether oxygens (including phenoxy) is 1. The molecule has 1 aromatic rings. The Balaban J connectivity index is 1.89. The zero-order chi connectivity index (χ0) is 14.3. The highest BCUT2D eigenvalue weighted by molar-refractivity contribution is 5.65. The van der Waals surface area contributed by atoms with E-state index in [1.165, 1.54) is 0 Å². The molecule has 0 radical (unpaired) electrons. The van der Waals surface area contributed by atoms with Crippen molar-refractivity contribution < 1.29 is 4.74 Å². The summed E-state index contributed by atoms with van der Waals surface area (Å²) in [5.41, 5.74) is 4.37. The van der Waals surface area contributed by atoms with Gasteiger partial charge in [0.2, 0.25) is 0 Å². The van der Waals surface area contributed by atoms with Crippen LogP contribution >= 0.6 is 0 Å². The molecule has 1 spiro atoms. The first-order valence-corrected chi connectivity index (χ1v) is 7.07. The van der Waals surface area contributed by atoms with E-state index in [4.69, 9.17) is 4.74 Å². The predicted molar refractivity (Wildman–Crippen MR) is 79.7 cm³/mol. The minimum atomic E-state index is -0.570. The molecule has 0 amide bonds. The van der Waals surface area contributed by atoms with Gasteiger partial charge in [-0.15, -0.1) is 0 Å². The summed E-state index contributed by atoms with van der Waals surface area (Å²) in [6, 6.07) is 8.11. The molecular formula is C17H15N3O.